The van der Waals surface area contributed by atoms with E-state index in [0.29, 0.717) is 12.3 Å². The number of ether oxygens (including phenoxy) is 1. The van der Waals surface area contributed by atoms with Crippen molar-refractivity contribution >= 4 is 21.6 Å². The maximum absolute atomic E-state index is 12.5. The first kappa shape index (κ1) is 18.7. The second kappa shape index (κ2) is 7.50. The standard InChI is InChI=1S/C16H24N2O5S/c1-4-23-15-10-17(9-14(15)19)16(20)11-18(24(3,21)22)13-7-5-6-12(2)8-13/h5-8,14-15,19H,4,9-11H2,1-3H3/t14-,15-/m1/s1. The number of hydrogen-bond acceptors (Lipinski definition) is 5. The van der Waals surface area contributed by atoms with E-state index in [9.17, 15) is 18.3 Å². The highest BCUT2D eigenvalue weighted by molar-refractivity contribution is 7.92. The van der Waals surface area contributed by atoms with Gasteiger partial charge >= 0.3 is 0 Å². The molecule has 134 valence electrons. The number of β-amino-alcohol motifs (C(OH)–C–C–N with tert-alkyl or cyclic N) is 1. The fourth-order valence-corrected chi connectivity index (χ4v) is 3.59. The van der Waals surface area contributed by atoms with Crippen LogP contribution in [0.25, 0.3) is 0 Å². The predicted molar refractivity (Wildman–Crippen MR) is 91.4 cm³/mol. The molecule has 1 N–H and O–H groups in total. The van der Waals surface area contributed by atoms with E-state index in [-0.39, 0.29) is 25.5 Å². The first-order valence-corrected chi connectivity index (χ1v) is 9.69. The highest BCUT2D eigenvalue weighted by Gasteiger charge is 2.35. The van der Waals surface area contributed by atoms with Crippen LogP contribution in [0, 0.1) is 6.92 Å². The fraction of sp³-hybridized carbons (Fsp3) is 0.562. The Morgan fingerprint density at radius 1 is 1.42 bits per heavy atom. The predicted octanol–water partition coefficient (Wildman–Crippen LogP) is 0.369. The zero-order valence-electron chi connectivity index (χ0n) is 14.2. The summed E-state index contributed by atoms with van der Waals surface area (Å²) in [5, 5.41) is 9.94. The summed E-state index contributed by atoms with van der Waals surface area (Å²) in [7, 11) is -3.60. The number of hydrogen-bond donors (Lipinski definition) is 1. The Morgan fingerprint density at radius 2 is 2.12 bits per heavy atom. The molecule has 1 aromatic rings. The minimum absolute atomic E-state index is 0.148. The van der Waals surface area contributed by atoms with Crippen LogP contribution in [0.15, 0.2) is 24.3 Å². The third kappa shape index (κ3) is 4.46. The van der Waals surface area contributed by atoms with Gasteiger partial charge in [0, 0.05) is 19.7 Å². The monoisotopic (exact) mass is 356 g/mol. The summed E-state index contributed by atoms with van der Waals surface area (Å²) in [6.07, 6.45) is -0.103. The van der Waals surface area contributed by atoms with Gasteiger partial charge in [-0.3, -0.25) is 9.10 Å². The Bertz CT molecular complexity index is 691. The van der Waals surface area contributed by atoms with Crippen LogP contribution < -0.4 is 4.31 Å². The summed E-state index contributed by atoms with van der Waals surface area (Å²) < 4.78 is 30.7. The number of aliphatic hydroxyl groups excluding tert-OH is 1. The van der Waals surface area contributed by atoms with Crippen molar-refractivity contribution in [1.82, 2.24) is 4.90 Å². The van der Waals surface area contributed by atoms with Crippen molar-refractivity contribution in [3.05, 3.63) is 29.8 Å². The topological polar surface area (TPSA) is 87.2 Å². The van der Waals surface area contributed by atoms with Crippen molar-refractivity contribution in [2.45, 2.75) is 26.1 Å². The Morgan fingerprint density at radius 3 is 2.71 bits per heavy atom. The van der Waals surface area contributed by atoms with E-state index in [4.69, 9.17) is 4.74 Å². The van der Waals surface area contributed by atoms with Gasteiger partial charge < -0.3 is 14.7 Å². The van der Waals surface area contributed by atoms with Crippen LogP contribution in [0.1, 0.15) is 12.5 Å². The van der Waals surface area contributed by atoms with Gasteiger partial charge in [0.15, 0.2) is 0 Å². The van der Waals surface area contributed by atoms with Gasteiger partial charge in [0.2, 0.25) is 15.9 Å². The molecule has 0 spiro atoms. The minimum Gasteiger partial charge on any atom is -0.388 e. The molecule has 0 radical (unpaired) electrons. The number of nitrogens with zero attached hydrogens (tertiary/aromatic N) is 2. The van der Waals surface area contributed by atoms with Crippen LogP contribution in [0.4, 0.5) is 5.69 Å². The van der Waals surface area contributed by atoms with Crippen LogP contribution in [0.3, 0.4) is 0 Å². The average molecular weight is 356 g/mol. The number of anilines is 1. The van der Waals surface area contributed by atoms with Crippen LogP contribution in [-0.2, 0) is 19.6 Å². The average Bonchev–Trinajstić information content (AvgIpc) is 2.85. The molecule has 0 unspecified atom stereocenters. The maximum Gasteiger partial charge on any atom is 0.243 e. The van der Waals surface area contributed by atoms with Gasteiger partial charge in [0.05, 0.1) is 18.0 Å². The highest BCUT2D eigenvalue weighted by Crippen LogP contribution is 2.20. The number of aliphatic hydroxyl groups is 1. The summed E-state index contributed by atoms with van der Waals surface area (Å²) in [6.45, 7) is 4.24. The first-order valence-electron chi connectivity index (χ1n) is 7.84. The summed E-state index contributed by atoms with van der Waals surface area (Å²) >= 11 is 0. The maximum atomic E-state index is 12.5. The number of benzene rings is 1. The fourth-order valence-electron chi connectivity index (χ4n) is 2.74. The van der Waals surface area contributed by atoms with Gasteiger partial charge in [-0.2, -0.15) is 0 Å². The second-order valence-electron chi connectivity index (χ2n) is 5.97. The Balaban J connectivity index is 2.15. The van der Waals surface area contributed by atoms with Crippen molar-refractivity contribution in [1.29, 1.82) is 0 Å². The Kier molecular flexibility index (Phi) is 5.84. The molecule has 1 aliphatic heterocycles. The highest BCUT2D eigenvalue weighted by atomic mass is 32.2. The third-order valence-electron chi connectivity index (χ3n) is 3.94. The van der Waals surface area contributed by atoms with Gasteiger partial charge in [-0.1, -0.05) is 12.1 Å². The van der Waals surface area contributed by atoms with Crippen molar-refractivity contribution in [3.63, 3.8) is 0 Å². The van der Waals surface area contributed by atoms with E-state index < -0.39 is 22.2 Å². The Labute approximate surface area is 142 Å². The summed E-state index contributed by atoms with van der Waals surface area (Å²) in [6, 6.07) is 6.98. The van der Waals surface area contributed by atoms with Gasteiger partial charge in [-0.05, 0) is 31.5 Å². The molecule has 1 fully saturated rings. The first-order chi connectivity index (χ1) is 11.2. The molecule has 1 heterocycles. The van der Waals surface area contributed by atoms with Crippen LogP contribution in [0.5, 0.6) is 0 Å². The van der Waals surface area contributed by atoms with Crippen molar-refractivity contribution in [2.75, 3.05) is 36.8 Å². The van der Waals surface area contributed by atoms with Crippen LogP contribution in [0.2, 0.25) is 0 Å². The van der Waals surface area contributed by atoms with E-state index >= 15 is 0 Å². The molecule has 0 saturated carbocycles. The molecule has 1 amide bonds. The lowest BCUT2D eigenvalue weighted by molar-refractivity contribution is -0.129. The molecule has 8 heteroatoms. The number of amides is 1. The molecule has 24 heavy (non-hydrogen) atoms. The SMILES string of the molecule is CCO[C@@H]1CN(C(=O)CN(c2cccc(C)c2)S(C)(=O)=O)C[C@H]1O. The van der Waals surface area contributed by atoms with E-state index in [0.717, 1.165) is 16.1 Å². The summed E-state index contributed by atoms with van der Waals surface area (Å²) in [5.41, 5.74) is 1.36. The van der Waals surface area contributed by atoms with Gasteiger partial charge in [0.25, 0.3) is 0 Å². The smallest absolute Gasteiger partial charge is 0.243 e. The lowest BCUT2D eigenvalue weighted by Gasteiger charge is -2.25. The summed E-state index contributed by atoms with van der Waals surface area (Å²) in [5.74, 6) is -0.358. The lowest BCUT2D eigenvalue weighted by Crippen LogP contribution is -2.42. The number of carbonyl (C=O) groups is 1. The summed E-state index contributed by atoms with van der Waals surface area (Å²) in [4.78, 5) is 14.0. The third-order valence-corrected chi connectivity index (χ3v) is 5.08. The van der Waals surface area contributed by atoms with E-state index in [1.807, 2.05) is 19.9 Å². The van der Waals surface area contributed by atoms with E-state index in [2.05, 4.69) is 0 Å². The molecule has 2 atom stereocenters. The molecular weight excluding hydrogens is 332 g/mol. The van der Waals surface area contributed by atoms with Crippen LogP contribution in [-0.4, -0.2) is 69.0 Å². The van der Waals surface area contributed by atoms with Crippen molar-refractivity contribution in [2.24, 2.45) is 0 Å². The number of aryl methyl sites for hydroxylation is 1. The number of carbonyl (C=O) groups excluding carboxylic acids is 1. The van der Waals surface area contributed by atoms with E-state index in [1.165, 1.54) is 4.90 Å². The number of likely N-dealkylation sites (tertiary alicyclic amines) is 1. The molecule has 1 aliphatic rings. The van der Waals surface area contributed by atoms with Gasteiger partial charge in [-0.25, -0.2) is 8.42 Å². The minimum atomic E-state index is -3.60. The lowest BCUT2D eigenvalue weighted by atomic mass is 10.2. The second-order valence-corrected chi connectivity index (χ2v) is 7.88. The molecule has 0 aromatic heterocycles. The number of rotatable bonds is 6. The zero-order valence-corrected chi connectivity index (χ0v) is 15.0. The molecular formula is C16H24N2O5S. The van der Waals surface area contributed by atoms with E-state index in [1.54, 1.807) is 18.2 Å². The Hall–Kier alpha value is -1.64. The molecule has 0 aliphatic carbocycles. The molecule has 1 saturated heterocycles. The van der Waals surface area contributed by atoms with Gasteiger partial charge in [-0.15, -0.1) is 0 Å². The number of sulfonamides is 1. The quantitative estimate of drug-likeness (QED) is 0.796. The molecule has 0 bridgehead atoms. The molecule has 7 nitrogen and oxygen atoms in total. The van der Waals surface area contributed by atoms with Crippen molar-refractivity contribution in [3.8, 4) is 0 Å². The normalized spacial score (nSPS) is 21.1. The van der Waals surface area contributed by atoms with Crippen molar-refractivity contribution < 1.29 is 23.1 Å². The van der Waals surface area contributed by atoms with Gasteiger partial charge in [0.1, 0.15) is 12.6 Å². The molecule has 2 rings (SSSR count). The van der Waals surface area contributed by atoms with Crippen LogP contribution >= 0.6 is 0 Å². The zero-order chi connectivity index (χ0) is 17.9. The molecule has 1 aromatic carbocycles. The largest absolute Gasteiger partial charge is 0.388 e.